The Hall–Kier alpha value is -3.22. The maximum atomic E-state index is 12.8. The van der Waals surface area contributed by atoms with Crippen molar-refractivity contribution in [3.8, 4) is 11.5 Å². The summed E-state index contributed by atoms with van der Waals surface area (Å²) in [4.78, 5) is 10.8. The summed E-state index contributed by atoms with van der Waals surface area (Å²) in [5.74, 6) is 1.23. The summed E-state index contributed by atoms with van der Waals surface area (Å²) in [7, 11) is -3.86. The third kappa shape index (κ3) is 4.31. The number of nitrogens with one attached hydrogen (secondary N) is 1. The second kappa shape index (κ2) is 8.49. The third-order valence-electron chi connectivity index (χ3n) is 4.91. The zero-order valence-electron chi connectivity index (χ0n) is 16.6. The Morgan fingerprint density at radius 2 is 1.87 bits per heavy atom. The predicted molar refractivity (Wildman–Crippen MR) is 111 cm³/mol. The molecule has 0 amide bonds. The number of hydrogen-bond donors (Lipinski definition) is 1. The van der Waals surface area contributed by atoms with Gasteiger partial charge in [-0.1, -0.05) is 0 Å². The van der Waals surface area contributed by atoms with Crippen molar-refractivity contribution in [2.24, 2.45) is 5.10 Å². The first-order valence-electron chi connectivity index (χ1n) is 9.43. The molecule has 0 atom stereocenters. The van der Waals surface area contributed by atoms with Gasteiger partial charge in [-0.2, -0.15) is 9.41 Å². The Balaban J connectivity index is 1.58. The monoisotopic (exact) mass is 448 g/mol. The highest BCUT2D eigenvalue weighted by atomic mass is 32.2. The summed E-state index contributed by atoms with van der Waals surface area (Å²) >= 11 is 0. The van der Waals surface area contributed by atoms with E-state index in [0.29, 0.717) is 17.2 Å². The highest BCUT2D eigenvalue weighted by Gasteiger charge is 2.29. The molecule has 1 fully saturated rings. The Morgan fingerprint density at radius 1 is 1.13 bits per heavy atom. The largest absolute Gasteiger partial charge is 0.454 e. The summed E-state index contributed by atoms with van der Waals surface area (Å²) < 4.78 is 42.6. The molecule has 0 aromatic heterocycles. The van der Waals surface area contributed by atoms with E-state index in [-0.39, 0.29) is 43.7 Å². The quantitative estimate of drug-likeness (QED) is 0.404. The van der Waals surface area contributed by atoms with Gasteiger partial charge in [-0.15, -0.1) is 0 Å². The topological polar surface area (TPSA) is 133 Å². The molecule has 2 aromatic rings. The van der Waals surface area contributed by atoms with E-state index in [1.165, 1.54) is 16.4 Å². The molecule has 1 N–H and O–H groups in total. The zero-order valence-corrected chi connectivity index (χ0v) is 17.4. The van der Waals surface area contributed by atoms with Crippen molar-refractivity contribution in [3.63, 3.8) is 0 Å². The number of benzene rings is 2. The van der Waals surface area contributed by atoms with Gasteiger partial charge in [0.2, 0.25) is 16.8 Å². The summed E-state index contributed by atoms with van der Waals surface area (Å²) in [6.07, 6.45) is 0. The number of fused-ring (bicyclic) bond motifs is 1. The summed E-state index contributed by atoms with van der Waals surface area (Å²) in [6.45, 7) is 2.86. The Bertz CT molecular complexity index is 1140. The van der Waals surface area contributed by atoms with Crippen LogP contribution in [0.1, 0.15) is 12.5 Å². The van der Waals surface area contributed by atoms with Crippen molar-refractivity contribution in [1.29, 1.82) is 0 Å². The van der Waals surface area contributed by atoms with Gasteiger partial charge >= 0.3 is 0 Å². The minimum absolute atomic E-state index is 0.0750. The normalized spacial score (nSPS) is 16.9. The number of anilines is 1. The van der Waals surface area contributed by atoms with Crippen LogP contribution in [0.25, 0.3) is 0 Å². The van der Waals surface area contributed by atoms with E-state index in [2.05, 4.69) is 10.5 Å². The lowest BCUT2D eigenvalue weighted by Crippen LogP contribution is -2.40. The van der Waals surface area contributed by atoms with E-state index in [4.69, 9.17) is 14.2 Å². The van der Waals surface area contributed by atoms with Crippen LogP contribution in [0.2, 0.25) is 0 Å². The lowest BCUT2D eigenvalue weighted by atomic mass is 10.1. The molecule has 2 aliphatic heterocycles. The molecule has 2 aliphatic rings. The lowest BCUT2D eigenvalue weighted by molar-refractivity contribution is -0.384. The van der Waals surface area contributed by atoms with Crippen molar-refractivity contribution < 1.29 is 27.6 Å². The van der Waals surface area contributed by atoms with E-state index < -0.39 is 20.6 Å². The molecular formula is C19H20N4O7S. The van der Waals surface area contributed by atoms with Crippen molar-refractivity contribution in [2.75, 3.05) is 38.5 Å². The first kappa shape index (κ1) is 21.0. The molecule has 4 rings (SSSR count). The number of hydrogen-bond acceptors (Lipinski definition) is 9. The average molecular weight is 448 g/mol. The van der Waals surface area contributed by atoms with Crippen LogP contribution in [0.3, 0.4) is 0 Å². The Labute approximate surface area is 178 Å². The smallest absolute Gasteiger partial charge is 0.295 e. The van der Waals surface area contributed by atoms with Crippen molar-refractivity contribution in [1.82, 2.24) is 4.31 Å². The minimum Gasteiger partial charge on any atom is -0.454 e. The van der Waals surface area contributed by atoms with Crippen LogP contribution in [-0.2, 0) is 14.8 Å². The molecule has 0 bridgehead atoms. The van der Waals surface area contributed by atoms with Gasteiger partial charge < -0.3 is 14.2 Å². The molecule has 0 saturated carbocycles. The number of nitrogens with zero attached hydrogens (tertiary/aromatic N) is 3. The van der Waals surface area contributed by atoms with Crippen molar-refractivity contribution in [2.45, 2.75) is 11.8 Å². The van der Waals surface area contributed by atoms with Gasteiger partial charge in [0.1, 0.15) is 5.69 Å². The van der Waals surface area contributed by atoms with E-state index >= 15 is 0 Å². The van der Waals surface area contributed by atoms with Gasteiger partial charge in [-0.05, 0) is 37.3 Å². The number of sulfonamides is 1. The summed E-state index contributed by atoms with van der Waals surface area (Å²) in [5.41, 5.74) is 3.64. The van der Waals surface area contributed by atoms with Crippen molar-refractivity contribution in [3.05, 3.63) is 52.1 Å². The highest BCUT2D eigenvalue weighted by molar-refractivity contribution is 7.89. The molecule has 2 aromatic carbocycles. The molecule has 0 spiro atoms. The molecule has 1 saturated heterocycles. The number of nitro groups is 1. The van der Waals surface area contributed by atoms with Crippen LogP contribution >= 0.6 is 0 Å². The number of morpholine rings is 1. The Kier molecular flexibility index (Phi) is 5.76. The van der Waals surface area contributed by atoms with Crippen LogP contribution in [0.4, 0.5) is 11.4 Å². The van der Waals surface area contributed by atoms with Crippen LogP contribution in [0.5, 0.6) is 11.5 Å². The first-order chi connectivity index (χ1) is 14.9. The molecule has 0 aliphatic carbocycles. The average Bonchev–Trinajstić information content (AvgIpc) is 3.25. The van der Waals surface area contributed by atoms with E-state index in [9.17, 15) is 18.5 Å². The number of nitro benzene ring substituents is 1. The minimum atomic E-state index is -3.86. The molecule has 12 heteroatoms. The van der Waals surface area contributed by atoms with E-state index in [0.717, 1.165) is 11.6 Å². The zero-order chi connectivity index (χ0) is 22.0. The fourth-order valence-electron chi connectivity index (χ4n) is 3.18. The van der Waals surface area contributed by atoms with Crippen LogP contribution in [0, 0.1) is 10.1 Å². The fraction of sp³-hybridized carbons (Fsp3) is 0.316. The number of ether oxygens (including phenoxy) is 3. The fourth-order valence-corrected chi connectivity index (χ4v) is 4.61. The van der Waals surface area contributed by atoms with Gasteiger partial charge in [0.15, 0.2) is 11.5 Å². The van der Waals surface area contributed by atoms with E-state index in [1.807, 2.05) is 0 Å². The molecule has 31 heavy (non-hydrogen) atoms. The summed E-state index contributed by atoms with van der Waals surface area (Å²) in [6, 6.07) is 9.01. The van der Waals surface area contributed by atoms with Crippen LogP contribution < -0.4 is 14.9 Å². The maximum Gasteiger partial charge on any atom is 0.295 e. The molecule has 164 valence electrons. The van der Waals surface area contributed by atoms with Gasteiger partial charge in [0, 0.05) is 24.7 Å². The highest BCUT2D eigenvalue weighted by Crippen LogP contribution is 2.33. The van der Waals surface area contributed by atoms with Gasteiger partial charge in [0.05, 0.1) is 28.7 Å². The molecule has 11 nitrogen and oxygen atoms in total. The SMILES string of the molecule is CC(=NNc1ccc(S(=O)(=O)N2CCOCC2)cc1[N+](=O)[O-])c1ccc2c(c1)OCO2. The molecule has 0 unspecified atom stereocenters. The van der Waals surface area contributed by atoms with E-state index in [1.54, 1.807) is 25.1 Å². The standard InChI is InChI=1S/C19H20N4O7S/c1-13(14-2-5-18-19(10-14)30-12-29-18)20-21-16-4-3-15(11-17(16)23(24)25)31(26,27)22-6-8-28-9-7-22/h2-5,10-11,21H,6-9,12H2,1H3. The predicted octanol–water partition coefficient (Wildman–Crippen LogP) is 2.18. The first-order valence-corrected chi connectivity index (χ1v) is 10.9. The van der Waals surface area contributed by atoms with Crippen molar-refractivity contribution >= 4 is 27.1 Å². The van der Waals surface area contributed by atoms with Gasteiger partial charge in [-0.25, -0.2) is 8.42 Å². The van der Waals surface area contributed by atoms with Crippen LogP contribution in [-0.4, -0.2) is 56.5 Å². The van der Waals surface area contributed by atoms with Gasteiger partial charge in [-0.3, -0.25) is 15.5 Å². The number of hydrazone groups is 1. The second-order valence-corrected chi connectivity index (χ2v) is 8.77. The number of rotatable bonds is 6. The molecule has 2 heterocycles. The second-order valence-electron chi connectivity index (χ2n) is 6.83. The lowest BCUT2D eigenvalue weighted by Gasteiger charge is -2.26. The summed E-state index contributed by atoms with van der Waals surface area (Å²) in [5, 5.41) is 15.8. The van der Waals surface area contributed by atoms with Gasteiger partial charge in [0.25, 0.3) is 5.69 Å². The third-order valence-corrected chi connectivity index (χ3v) is 6.80. The maximum absolute atomic E-state index is 12.8. The molecular weight excluding hydrogens is 428 g/mol. The molecule has 0 radical (unpaired) electrons. The van der Waals surface area contributed by atoms with Crippen LogP contribution in [0.15, 0.2) is 46.4 Å². The Morgan fingerprint density at radius 3 is 2.61 bits per heavy atom.